The highest BCUT2D eigenvalue weighted by Gasteiger charge is 2.41. The molecule has 2 fully saturated rings. The van der Waals surface area contributed by atoms with Crippen LogP contribution in [0.5, 0.6) is 5.75 Å². The van der Waals surface area contributed by atoms with Crippen LogP contribution in [0.15, 0.2) is 42.7 Å². The topological polar surface area (TPSA) is 104 Å². The van der Waals surface area contributed by atoms with Crippen LogP contribution < -0.4 is 25.2 Å². The molecule has 2 saturated carbocycles. The van der Waals surface area contributed by atoms with E-state index in [1.165, 1.54) is 11.3 Å². The normalized spacial score (nSPS) is 22.3. The minimum Gasteiger partial charge on any atom is -0.410 e. The lowest BCUT2D eigenvalue weighted by atomic mass is 9.87. The number of nitrogens with one attached hydrogen (secondary N) is 2. The molecule has 3 unspecified atom stereocenters. The Hall–Kier alpha value is -3.46. The molecular formula is C28H35N5O4. The van der Waals surface area contributed by atoms with E-state index in [1.54, 1.807) is 35.5 Å². The molecule has 3 atom stereocenters. The van der Waals surface area contributed by atoms with Crippen LogP contribution in [-0.4, -0.2) is 48.1 Å². The second-order valence-electron chi connectivity index (χ2n) is 10.5. The van der Waals surface area contributed by atoms with Gasteiger partial charge in [0.05, 0.1) is 24.0 Å². The second-order valence-corrected chi connectivity index (χ2v) is 10.5. The number of amides is 3. The molecule has 2 N–H and O–H groups in total. The second kappa shape index (κ2) is 10.9. The molecule has 0 bridgehead atoms. The van der Waals surface area contributed by atoms with Gasteiger partial charge in [0.15, 0.2) is 0 Å². The molecule has 0 spiro atoms. The zero-order valence-electron chi connectivity index (χ0n) is 21.5. The molecule has 1 aromatic carbocycles. The summed E-state index contributed by atoms with van der Waals surface area (Å²) in [6, 6.07) is 9.02. The number of fused-ring (bicyclic) bond motifs is 1. The van der Waals surface area contributed by atoms with Gasteiger partial charge >= 0.3 is 6.09 Å². The summed E-state index contributed by atoms with van der Waals surface area (Å²) in [6.45, 7) is 4.27. The molecule has 2 aliphatic carbocycles. The van der Waals surface area contributed by atoms with Gasteiger partial charge in [0, 0.05) is 30.5 Å². The first-order chi connectivity index (χ1) is 17.9. The van der Waals surface area contributed by atoms with E-state index in [2.05, 4.69) is 22.5 Å². The fourth-order valence-electron chi connectivity index (χ4n) is 5.37. The third kappa shape index (κ3) is 5.93. The van der Waals surface area contributed by atoms with Crippen LogP contribution >= 0.6 is 0 Å². The quantitative estimate of drug-likeness (QED) is 0.591. The van der Waals surface area contributed by atoms with E-state index in [0.29, 0.717) is 29.1 Å². The summed E-state index contributed by atoms with van der Waals surface area (Å²) in [4.78, 5) is 46.3. The maximum atomic E-state index is 13.3. The smallest absolute Gasteiger partial charge is 0.410 e. The number of anilines is 2. The Bertz CT molecular complexity index is 1150. The lowest BCUT2D eigenvalue weighted by molar-refractivity contribution is -0.122. The van der Waals surface area contributed by atoms with E-state index in [1.807, 2.05) is 19.1 Å². The zero-order valence-corrected chi connectivity index (χ0v) is 21.5. The summed E-state index contributed by atoms with van der Waals surface area (Å²) in [5, 5.41) is 6.23. The highest BCUT2D eigenvalue weighted by Crippen LogP contribution is 2.42. The summed E-state index contributed by atoms with van der Waals surface area (Å²) in [5.74, 6) is 0.733. The Morgan fingerprint density at radius 3 is 2.62 bits per heavy atom. The Kier molecular flexibility index (Phi) is 7.41. The van der Waals surface area contributed by atoms with Gasteiger partial charge in [-0.3, -0.25) is 19.5 Å². The summed E-state index contributed by atoms with van der Waals surface area (Å²) in [5.41, 5.74) is 2.20. The lowest BCUT2D eigenvalue weighted by Gasteiger charge is -2.37. The van der Waals surface area contributed by atoms with E-state index in [9.17, 15) is 14.4 Å². The first kappa shape index (κ1) is 25.2. The lowest BCUT2D eigenvalue weighted by Crippen LogP contribution is -2.51. The van der Waals surface area contributed by atoms with E-state index >= 15 is 0 Å². The SMILES string of the molecule is CC1CCCC(NCC(=O)N2CC(=O)N(C3CC3)c3ccc(OC(=O)NC(C)c4ccncc4)cc32)C1. The third-order valence-electron chi connectivity index (χ3n) is 7.50. The van der Waals surface area contributed by atoms with Crippen molar-refractivity contribution in [2.45, 2.75) is 70.5 Å². The van der Waals surface area contributed by atoms with Crippen molar-refractivity contribution in [2.24, 2.45) is 5.92 Å². The molecule has 2 heterocycles. The average Bonchev–Trinajstić information content (AvgIpc) is 3.72. The van der Waals surface area contributed by atoms with Crippen molar-refractivity contribution < 1.29 is 19.1 Å². The van der Waals surface area contributed by atoms with Gasteiger partial charge in [-0.1, -0.05) is 19.8 Å². The first-order valence-electron chi connectivity index (χ1n) is 13.3. The van der Waals surface area contributed by atoms with Crippen LogP contribution in [0.2, 0.25) is 0 Å². The molecule has 5 rings (SSSR count). The zero-order chi connectivity index (χ0) is 25.9. The monoisotopic (exact) mass is 505 g/mol. The van der Waals surface area contributed by atoms with Crippen molar-refractivity contribution >= 4 is 29.3 Å². The number of benzene rings is 1. The van der Waals surface area contributed by atoms with Crippen LogP contribution in [0.25, 0.3) is 0 Å². The molecule has 3 amide bonds. The van der Waals surface area contributed by atoms with Crippen molar-refractivity contribution in [3.8, 4) is 5.75 Å². The largest absolute Gasteiger partial charge is 0.413 e. The Balaban J connectivity index is 1.31. The summed E-state index contributed by atoms with van der Waals surface area (Å²) < 4.78 is 5.58. The van der Waals surface area contributed by atoms with Crippen molar-refractivity contribution in [3.05, 3.63) is 48.3 Å². The molecule has 9 nitrogen and oxygen atoms in total. The highest BCUT2D eigenvalue weighted by molar-refractivity contribution is 6.12. The predicted octanol–water partition coefficient (Wildman–Crippen LogP) is 3.94. The number of pyridine rings is 1. The van der Waals surface area contributed by atoms with Crippen LogP contribution in [0, 0.1) is 5.92 Å². The minimum absolute atomic E-state index is 0.0141. The molecule has 2 aromatic rings. The molecule has 9 heteroatoms. The highest BCUT2D eigenvalue weighted by atomic mass is 16.6. The number of ether oxygens (including phenoxy) is 1. The third-order valence-corrected chi connectivity index (χ3v) is 7.50. The van der Waals surface area contributed by atoms with E-state index < -0.39 is 6.09 Å². The maximum absolute atomic E-state index is 13.3. The number of aromatic nitrogens is 1. The summed E-state index contributed by atoms with van der Waals surface area (Å²) >= 11 is 0. The van der Waals surface area contributed by atoms with Gasteiger partial charge in [0.25, 0.3) is 0 Å². The first-order valence-corrected chi connectivity index (χ1v) is 13.3. The Morgan fingerprint density at radius 1 is 1.11 bits per heavy atom. The number of hydrogen-bond acceptors (Lipinski definition) is 6. The number of nitrogens with zero attached hydrogens (tertiary/aromatic N) is 3. The molecule has 1 aliphatic heterocycles. The Labute approximate surface area is 217 Å². The van der Waals surface area contributed by atoms with E-state index in [0.717, 1.165) is 37.7 Å². The molecule has 3 aliphatic rings. The molecule has 37 heavy (non-hydrogen) atoms. The van der Waals surface area contributed by atoms with Crippen LogP contribution in [0.4, 0.5) is 16.2 Å². The molecule has 0 saturated heterocycles. The van der Waals surface area contributed by atoms with Crippen LogP contribution in [-0.2, 0) is 9.59 Å². The Morgan fingerprint density at radius 2 is 1.89 bits per heavy atom. The van der Waals surface area contributed by atoms with Crippen molar-refractivity contribution in [2.75, 3.05) is 22.9 Å². The van der Waals surface area contributed by atoms with Crippen molar-refractivity contribution in [1.82, 2.24) is 15.6 Å². The van der Waals surface area contributed by atoms with Gasteiger partial charge in [-0.25, -0.2) is 4.79 Å². The van der Waals surface area contributed by atoms with Gasteiger partial charge in [0.1, 0.15) is 12.3 Å². The minimum atomic E-state index is -0.596. The number of rotatable bonds is 7. The van der Waals surface area contributed by atoms with Crippen molar-refractivity contribution in [1.29, 1.82) is 0 Å². The molecule has 1 aromatic heterocycles. The molecule has 0 radical (unpaired) electrons. The predicted molar refractivity (Wildman–Crippen MR) is 141 cm³/mol. The fourth-order valence-corrected chi connectivity index (χ4v) is 5.37. The standard InChI is InChI=1S/C28H35N5O4/c1-18-4-3-5-21(14-18)30-16-26(34)32-17-27(35)33(22-6-7-22)24-9-8-23(15-25(24)32)37-28(36)31-19(2)20-10-12-29-13-11-20/h8-13,15,18-19,21-22,30H,3-7,14,16-17H2,1-2H3,(H,31,36). The molecular weight excluding hydrogens is 470 g/mol. The summed E-state index contributed by atoms with van der Waals surface area (Å²) in [7, 11) is 0. The van der Waals surface area contributed by atoms with Crippen LogP contribution in [0.1, 0.15) is 64.0 Å². The number of hydrogen-bond donors (Lipinski definition) is 2. The van der Waals surface area contributed by atoms with Gasteiger partial charge in [0.2, 0.25) is 11.8 Å². The fraction of sp³-hybridized carbons (Fsp3) is 0.500. The average molecular weight is 506 g/mol. The summed E-state index contributed by atoms with van der Waals surface area (Å²) in [6.07, 6.45) is 9.17. The maximum Gasteiger partial charge on any atom is 0.413 e. The van der Waals surface area contributed by atoms with Gasteiger partial charge in [-0.05, 0) is 68.4 Å². The van der Waals surface area contributed by atoms with Gasteiger partial charge < -0.3 is 20.3 Å². The number of carbonyl (C=O) groups excluding carboxylic acids is 3. The number of carbonyl (C=O) groups is 3. The van der Waals surface area contributed by atoms with E-state index in [-0.39, 0.29) is 37.0 Å². The van der Waals surface area contributed by atoms with Crippen LogP contribution in [0.3, 0.4) is 0 Å². The van der Waals surface area contributed by atoms with Gasteiger partial charge in [-0.15, -0.1) is 0 Å². The molecule has 196 valence electrons. The van der Waals surface area contributed by atoms with E-state index in [4.69, 9.17) is 4.74 Å². The van der Waals surface area contributed by atoms with Crippen molar-refractivity contribution in [3.63, 3.8) is 0 Å². The van der Waals surface area contributed by atoms with Gasteiger partial charge in [-0.2, -0.15) is 0 Å².